The number of nitrogens with two attached hydrogens (primary N) is 1. The summed E-state index contributed by atoms with van der Waals surface area (Å²) in [6, 6.07) is 1.61. The van der Waals surface area contributed by atoms with Crippen LogP contribution in [0.4, 0.5) is 5.82 Å². The predicted molar refractivity (Wildman–Crippen MR) is 57.8 cm³/mol. The van der Waals surface area contributed by atoms with Crippen molar-refractivity contribution in [2.24, 2.45) is 0 Å². The van der Waals surface area contributed by atoms with Crippen LogP contribution in [0.25, 0.3) is 0 Å². The normalized spacial score (nSPS) is 9.80. The molecule has 5 heteroatoms. The van der Waals surface area contributed by atoms with Gasteiger partial charge in [-0.25, -0.2) is 4.98 Å². The first-order chi connectivity index (χ1) is 7.06. The van der Waals surface area contributed by atoms with E-state index in [1.54, 1.807) is 20.2 Å². The first kappa shape index (κ1) is 11.3. The minimum absolute atomic E-state index is 0.122. The molecule has 2 N–H and O–H groups in total. The molecule has 0 radical (unpaired) electrons. The summed E-state index contributed by atoms with van der Waals surface area (Å²) in [5.41, 5.74) is 6.06. The minimum Gasteiger partial charge on any atom is -0.490 e. The van der Waals surface area contributed by atoms with Gasteiger partial charge in [-0.1, -0.05) is 0 Å². The fourth-order valence-corrected chi connectivity index (χ4v) is 1.10. The Morgan fingerprint density at radius 3 is 2.80 bits per heavy atom. The summed E-state index contributed by atoms with van der Waals surface area (Å²) in [6.45, 7) is 2.34. The number of nitrogens with zero attached hydrogens (tertiary/aromatic N) is 2. The Hall–Kier alpha value is -1.78. The Labute approximate surface area is 88.9 Å². The van der Waals surface area contributed by atoms with E-state index in [-0.39, 0.29) is 5.91 Å². The van der Waals surface area contributed by atoms with Crippen molar-refractivity contribution >= 4 is 11.7 Å². The SMILES string of the molecule is CCOc1cc(C(=O)N(C)C)cnc1N. The molecule has 5 nitrogen and oxygen atoms in total. The third-order valence-electron chi connectivity index (χ3n) is 1.83. The number of anilines is 1. The van der Waals surface area contributed by atoms with E-state index in [0.717, 1.165) is 0 Å². The molecule has 0 aromatic carbocycles. The number of ether oxygens (including phenoxy) is 1. The predicted octanol–water partition coefficient (Wildman–Crippen LogP) is 0.764. The summed E-state index contributed by atoms with van der Waals surface area (Å²) >= 11 is 0. The summed E-state index contributed by atoms with van der Waals surface area (Å²) in [4.78, 5) is 17.0. The van der Waals surface area contributed by atoms with E-state index in [0.29, 0.717) is 23.7 Å². The highest BCUT2D eigenvalue weighted by Gasteiger charge is 2.11. The Bertz CT molecular complexity index is 364. The van der Waals surface area contributed by atoms with Crippen molar-refractivity contribution in [1.82, 2.24) is 9.88 Å². The van der Waals surface area contributed by atoms with Crippen molar-refractivity contribution in [3.8, 4) is 5.75 Å². The first-order valence-electron chi connectivity index (χ1n) is 4.66. The van der Waals surface area contributed by atoms with Gasteiger partial charge >= 0.3 is 0 Å². The molecular formula is C10H15N3O2. The van der Waals surface area contributed by atoms with Crippen molar-refractivity contribution in [2.45, 2.75) is 6.92 Å². The van der Waals surface area contributed by atoms with Crippen LogP contribution in [0.15, 0.2) is 12.3 Å². The average molecular weight is 209 g/mol. The number of aromatic nitrogens is 1. The highest BCUT2D eigenvalue weighted by atomic mass is 16.5. The summed E-state index contributed by atoms with van der Waals surface area (Å²) < 4.78 is 5.25. The van der Waals surface area contributed by atoms with Crippen molar-refractivity contribution in [1.29, 1.82) is 0 Å². The van der Waals surface area contributed by atoms with Gasteiger partial charge in [0, 0.05) is 20.3 Å². The highest BCUT2D eigenvalue weighted by molar-refractivity contribution is 5.94. The van der Waals surface area contributed by atoms with Crippen LogP contribution in [-0.2, 0) is 0 Å². The van der Waals surface area contributed by atoms with E-state index in [4.69, 9.17) is 10.5 Å². The van der Waals surface area contributed by atoms with Gasteiger partial charge in [0.05, 0.1) is 12.2 Å². The van der Waals surface area contributed by atoms with Gasteiger partial charge in [-0.15, -0.1) is 0 Å². The molecule has 0 unspecified atom stereocenters. The van der Waals surface area contributed by atoms with Crippen LogP contribution >= 0.6 is 0 Å². The zero-order valence-electron chi connectivity index (χ0n) is 9.15. The topological polar surface area (TPSA) is 68.5 Å². The van der Waals surface area contributed by atoms with Gasteiger partial charge in [0.2, 0.25) is 0 Å². The van der Waals surface area contributed by atoms with E-state index in [2.05, 4.69) is 4.98 Å². The molecule has 82 valence electrons. The second-order valence-electron chi connectivity index (χ2n) is 3.24. The summed E-state index contributed by atoms with van der Waals surface area (Å²) in [7, 11) is 3.36. The quantitative estimate of drug-likeness (QED) is 0.798. The molecule has 15 heavy (non-hydrogen) atoms. The van der Waals surface area contributed by atoms with Crippen LogP contribution in [0.3, 0.4) is 0 Å². The molecule has 0 aliphatic rings. The van der Waals surface area contributed by atoms with Crippen molar-refractivity contribution in [3.63, 3.8) is 0 Å². The van der Waals surface area contributed by atoms with Crippen LogP contribution < -0.4 is 10.5 Å². The molecule has 0 saturated heterocycles. The lowest BCUT2D eigenvalue weighted by Gasteiger charge is -2.12. The third kappa shape index (κ3) is 2.59. The van der Waals surface area contributed by atoms with Crippen molar-refractivity contribution in [3.05, 3.63) is 17.8 Å². The average Bonchev–Trinajstić information content (AvgIpc) is 2.20. The third-order valence-corrected chi connectivity index (χ3v) is 1.83. The zero-order chi connectivity index (χ0) is 11.4. The largest absolute Gasteiger partial charge is 0.490 e. The molecule has 0 aliphatic heterocycles. The molecule has 1 heterocycles. The monoisotopic (exact) mass is 209 g/mol. The lowest BCUT2D eigenvalue weighted by Crippen LogP contribution is -2.22. The van der Waals surface area contributed by atoms with Gasteiger partial charge in [0.25, 0.3) is 5.91 Å². The van der Waals surface area contributed by atoms with E-state index < -0.39 is 0 Å². The number of nitrogen functional groups attached to an aromatic ring is 1. The van der Waals surface area contributed by atoms with E-state index >= 15 is 0 Å². The number of pyridine rings is 1. The number of carbonyl (C=O) groups excluding carboxylic acids is 1. The first-order valence-corrected chi connectivity index (χ1v) is 4.66. The van der Waals surface area contributed by atoms with Gasteiger partial charge in [-0.3, -0.25) is 4.79 Å². The van der Waals surface area contributed by atoms with Crippen molar-refractivity contribution in [2.75, 3.05) is 26.4 Å². The Morgan fingerprint density at radius 2 is 2.27 bits per heavy atom. The lowest BCUT2D eigenvalue weighted by atomic mass is 10.2. The highest BCUT2D eigenvalue weighted by Crippen LogP contribution is 2.20. The Morgan fingerprint density at radius 1 is 1.60 bits per heavy atom. The molecule has 1 aromatic heterocycles. The standard InChI is InChI=1S/C10H15N3O2/c1-4-15-8-5-7(6-12-9(8)11)10(14)13(2)3/h5-6H,4H2,1-3H3,(H2,11,12). The van der Waals surface area contributed by atoms with Crippen LogP contribution in [-0.4, -0.2) is 36.5 Å². The molecule has 0 bridgehead atoms. The Balaban J connectivity index is 3.01. The molecular weight excluding hydrogens is 194 g/mol. The molecule has 0 saturated carbocycles. The zero-order valence-corrected chi connectivity index (χ0v) is 9.15. The van der Waals surface area contributed by atoms with Gasteiger partial charge < -0.3 is 15.4 Å². The summed E-state index contributed by atoms with van der Waals surface area (Å²) in [5, 5.41) is 0. The van der Waals surface area contributed by atoms with E-state index in [9.17, 15) is 4.79 Å². The smallest absolute Gasteiger partial charge is 0.255 e. The molecule has 1 aromatic rings. The maximum absolute atomic E-state index is 11.6. The minimum atomic E-state index is -0.122. The second-order valence-corrected chi connectivity index (χ2v) is 3.24. The maximum Gasteiger partial charge on any atom is 0.255 e. The van der Waals surface area contributed by atoms with Crippen LogP contribution in [0.1, 0.15) is 17.3 Å². The molecule has 0 spiro atoms. The molecule has 1 amide bonds. The fraction of sp³-hybridized carbons (Fsp3) is 0.400. The molecule has 0 aliphatic carbocycles. The molecule has 1 rings (SSSR count). The van der Waals surface area contributed by atoms with Gasteiger partial charge in [-0.2, -0.15) is 0 Å². The van der Waals surface area contributed by atoms with Crippen LogP contribution in [0.5, 0.6) is 5.75 Å². The number of hydrogen-bond acceptors (Lipinski definition) is 4. The number of rotatable bonds is 3. The van der Waals surface area contributed by atoms with Gasteiger partial charge in [0.1, 0.15) is 0 Å². The Kier molecular flexibility index (Phi) is 3.49. The fourth-order valence-electron chi connectivity index (χ4n) is 1.10. The molecule has 0 fully saturated rings. The summed E-state index contributed by atoms with van der Waals surface area (Å²) in [5.74, 6) is 0.626. The summed E-state index contributed by atoms with van der Waals surface area (Å²) in [6.07, 6.45) is 1.44. The van der Waals surface area contributed by atoms with Gasteiger partial charge in [0.15, 0.2) is 11.6 Å². The van der Waals surface area contributed by atoms with E-state index in [1.807, 2.05) is 6.92 Å². The maximum atomic E-state index is 11.6. The number of amides is 1. The number of carbonyl (C=O) groups is 1. The second kappa shape index (κ2) is 4.63. The van der Waals surface area contributed by atoms with Crippen LogP contribution in [0.2, 0.25) is 0 Å². The van der Waals surface area contributed by atoms with Crippen molar-refractivity contribution < 1.29 is 9.53 Å². The van der Waals surface area contributed by atoms with E-state index in [1.165, 1.54) is 11.1 Å². The van der Waals surface area contributed by atoms with Crippen LogP contribution in [0, 0.1) is 0 Å². The van der Waals surface area contributed by atoms with Gasteiger partial charge in [-0.05, 0) is 13.0 Å². The number of hydrogen-bond donors (Lipinski definition) is 1. The lowest BCUT2D eigenvalue weighted by molar-refractivity contribution is 0.0827. The molecule has 0 atom stereocenters.